The Morgan fingerprint density at radius 2 is 1.61 bits per heavy atom. The van der Waals surface area contributed by atoms with Crippen LogP contribution < -0.4 is 0 Å². The van der Waals surface area contributed by atoms with Gasteiger partial charge in [0, 0.05) is 11.1 Å². The van der Waals surface area contributed by atoms with Crippen LogP contribution in [0.1, 0.15) is 12.5 Å². The Balaban J connectivity index is 1.47. The van der Waals surface area contributed by atoms with Gasteiger partial charge in [-0.1, -0.05) is 97.9 Å². The van der Waals surface area contributed by atoms with E-state index in [1.165, 1.54) is 44.2 Å². The molecule has 148 valence electrons. The Morgan fingerprint density at radius 3 is 2.52 bits per heavy atom. The van der Waals surface area contributed by atoms with Crippen LogP contribution in [0.25, 0.3) is 49.1 Å². The molecule has 0 bridgehead atoms. The highest BCUT2D eigenvalue weighted by atomic mass is 32.1. The molecule has 0 saturated heterocycles. The van der Waals surface area contributed by atoms with E-state index in [1.54, 1.807) is 0 Å². The van der Waals surface area contributed by atoms with E-state index in [1.807, 2.05) is 0 Å². The van der Waals surface area contributed by atoms with Crippen LogP contribution in [0, 0.1) is 5.92 Å². The van der Waals surface area contributed by atoms with E-state index in [0.29, 0.717) is 5.92 Å². The van der Waals surface area contributed by atoms with E-state index in [-0.39, 0.29) is 0 Å². The van der Waals surface area contributed by atoms with Crippen molar-refractivity contribution in [1.82, 2.24) is 9.36 Å². The molecule has 1 aliphatic carbocycles. The fourth-order valence-corrected chi connectivity index (χ4v) is 5.18. The summed E-state index contributed by atoms with van der Waals surface area (Å²) in [6.45, 7) is 2.23. The van der Waals surface area contributed by atoms with Crippen molar-refractivity contribution in [3.63, 3.8) is 0 Å². The summed E-state index contributed by atoms with van der Waals surface area (Å²) in [6.07, 6.45) is 6.56. The van der Waals surface area contributed by atoms with Gasteiger partial charge in [0.1, 0.15) is 5.01 Å². The van der Waals surface area contributed by atoms with Crippen molar-refractivity contribution in [3.05, 3.63) is 103 Å². The van der Waals surface area contributed by atoms with Crippen molar-refractivity contribution >= 4 is 38.7 Å². The lowest BCUT2D eigenvalue weighted by Crippen LogP contribution is -1.92. The molecule has 1 unspecified atom stereocenters. The van der Waals surface area contributed by atoms with Crippen LogP contribution >= 0.6 is 11.5 Å². The van der Waals surface area contributed by atoms with Crippen LogP contribution in [0.15, 0.2) is 97.1 Å². The first-order valence-corrected chi connectivity index (χ1v) is 11.3. The van der Waals surface area contributed by atoms with Gasteiger partial charge in [-0.15, -0.1) is 0 Å². The van der Waals surface area contributed by atoms with Crippen molar-refractivity contribution in [2.75, 3.05) is 0 Å². The Hall–Kier alpha value is -3.56. The monoisotopic (exact) mass is 416 g/mol. The van der Waals surface area contributed by atoms with Crippen LogP contribution in [0.3, 0.4) is 0 Å². The van der Waals surface area contributed by atoms with E-state index in [9.17, 15) is 0 Å². The number of benzene rings is 4. The summed E-state index contributed by atoms with van der Waals surface area (Å²) in [5.74, 6) is 1.23. The number of fused-ring (bicyclic) bond motifs is 3. The molecular weight excluding hydrogens is 396 g/mol. The predicted molar refractivity (Wildman–Crippen MR) is 132 cm³/mol. The van der Waals surface area contributed by atoms with Gasteiger partial charge in [-0.3, -0.25) is 0 Å². The zero-order chi connectivity index (χ0) is 20.8. The summed E-state index contributed by atoms with van der Waals surface area (Å²) in [7, 11) is 0. The summed E-state index contributed by atoms with van der Waals surface area (Å²) >= 11 is 1.47. The standard InChI is InChI=1S/C28H20N2S/c1-18-7-4-13-23(18)21-10-5-11-22(17-21)27-29-28(31-30-27)25-14-6-9-20-16-15-19-8-2-3-12-24(19)26(20)25/h2-18H,1H3. The molecule has 1 heterocycles. The van der Waals surface area contributed by atoms with Gasteiger partial charge >= 0.3 is 0 Å². The topological polar surface area (TPSA) is 25.8 Å². The Kier molecular flexibility index (Phi) is 4.29. The molecule has 5 aromatic rings. The van der Waals surface area contributed by atoms with Crippen molar-refractivity contribution in [2.24, 2.45) is 5.92 Å². The minimum absolute atomic E-state index is 0.443. The molecule has 1 aliphatic rings. The zero-order valence-electron chi connectivity index (χ0n) is 17.1. The first-order valence-electron chi connectivity index (χ1n) is 10.5. The molecule has 0 aliphatic heterocycles. The lowest BCUT2D eigenvalue weighted by atomic mass is 9.95. The van der Waals surface area contributed by atoms with Gasteiger partial charge < -0.3 is 0 Å². The van der Waals surface area contributed by atoms with Crippen molar-refractivity contribution in [2.45, 2.75) is 6.92 Å². The quantitative estimate of drug-likeness (QED) is 0.281. The average molecular weight is 417 g/mol. The van der Waals surface area contributed by atoms with Crippen molar-refractivity contribution < 1.29 is 0 Å². The molecule has 6 rings (SSSR count). The molecule has 0 saturated carbocycles. The molecule has 0 fully saturated rings. The highest BCUT2D eigenvalue weighted by Gasteiger charge is 2.15. The SMILES string of the molecule is CC1C=CC=C1c1cccc(-c2nsc(-c3cccc4ccc5ccccc5c34)n2)c1. The van der Waals surface area contributed by atoms with E-state index in [4.69, 9.17) is 9.36 Å². The lowest BCUT2D eigenvalue weighted by molar-refractivity contribution is 0.981. The van der Waals surface area contributed by atoms with E-state index in [2.05, 4.69) is 104 Å². The Labute approximate surface area is 185 Å². The zero-order valence-corrected chi connectivity index (χ0v) is 17.9. The second-order valence-corrected chi connectivity index (χ2v) is 8.74. The second kappa shape index (κ2) is 7.29. The summed E-state index contributed by atoms with van der Waals surface area (Å²) in [4.78, 5) is 4.97. The normalized spacial score (nSPS) is 15.6. The van der Waals surface area contributed by atoms with Crippen molar-refractivity contribution in [1.29, 1.82) is 0 Å². The van der Waals surface area contributed by atoms with Crippen LogP contribution in [0.5, 0.6) is 0 Å². The summed E-state index contributed by atoms with van der Waals surface area (Å²) in [6, 6.07) is 27.9. The molecule has 3 heteroatoms. The first kappa shape index (κ1) is 18.2. The van der Waals surface area contributed by atoms with Gasteiger partial charge in [-0.05, 0) is 56.2 Å². The molecule has 31 heavy (non-hydrogen) atoms. The Morgan fingerprint density at radius 1 is 0.806 bits per heavy atom. The molecular formula is C28H20N2S. The number of hydrogen-bond acceptors (Lipinski definition) is 3. The Bertz CT molecular complexity index is 1510. The summed E-state index contributed by atoms with van der Waals surface area (Å²) in [5.41, 5.74) is 4.79. The van der Waals surface area contributed by atoms with E-state index < -0.39 is 0 Å². The maximum Gasteiger partial charge on any atom is 0.173 e. The first-order chi connectivity index (χ1) is 15.3. The molecule has 4 aromatic carbocycles. The molecule has 0 N–H and O–H groups in total. The molecule has 0 amide bonds. The highest BCUT2D eigenvalue weighted by Crippen LogP contribution is 2.37. The van der Waals surface area contributed by atoms with Gasteiger partial charge in [0.05, 0.1) is 0 Å². The molecule has 0 spiro atoms. The van der Waals surface area contributed by atoms with E-state index in [0.717, 1.165) is 22.0 Å². The fourth-order valence-electron chi connectivity index (χ4n) is 4.47. The van der Waals surface area contributed by atoms with Gasteiger partial charge in [0.15, 0.2) is 5.82 Å². The van der Waals surface area contributed by atoms with E-state index >= 15 is 0 Å². The minimum Gasteiger partial charge on any atom is -0.215 e. The summed E-state index contributed by atoms with van der Waals surface area (Å²) in [5, 5.41) is 5.92. The number of allylic oxidation sites excluding steroid dienone is 4. The highest BCUT2D eigenvalue weighted by molar-refractivity contribution is 7.09. The predicted octanol–water partition coefficient (Wildman–Crippen LogP) is 7.77. The maximum atomic E-state index is 4.97. The number of aromatic nitrogens is 2. The third kappa shape index (κ3) is 3.09. The number of rotatable bonds is 3. The van der Waals surface area contributed by atoms with Crippen LogP contribution in [0.2, 0.25) is 0 Å². The van der Waals surface area contributed by atoms with Gasteiger partial charge in [-0.25, -0.2) is 4.98 Å². The smallest absolute Gasteiger partial charge is 0.173 e. The molecule has 2 nitrogen and oxygen atoms in total. The lowest BCUT2D eigenvalue weighted by Gasteiger charge is -2.09. The third-order valence-corrected chi connectivity index (χ3v) is 6.79. The average Bonchev–Trinajstić information content (AvgIpc) is 3.48. The fraction of sp³-hybridized carbons (Fsp3) is 0.0714. The van der Waals surface area contributed by atoms with Gasteiger partial charge in [0.2, 0.25) is 0 Å². The third-order valence-electron chi connectivity index (χ3n) is 6.05. The van der Waals surface area contributed by atoms with Gasteiger partial charge in [-0.2, -0.15) is 4.37 Å². The minimum atomic E-state index is 0.443. The van der Waals surface area contributed by atoms with Crippen LogP contribution in [-0.2, 0) is 0 Å². The van der Waals surface area contributed by atoms with Gasteiger partial charge in [0.25, 0.3) is 0 Å². The van der Waals surface area contributed by atoms with Crippen molar-refractivity contribution in [3.8, 4) is 22.0 Å². The largest absolute Gasteiger partial charge is 0.215 e. The maximum absolute atomic E-state index is 4.97. The number of hydrogen-bond donors (Lipinski definition) is 0. The second-order valence-electron chi connectivity index (χ2n) is 7.99. The summed E-state index contributed by atoms with van der Waals surface area (Å²) < 4.78 is 4.73. The molecule has 1 aromatic heterocycles. The number of nitrogens with zero attached hydrogens (tertiary/aromatic N) is 2. The van der Waals surface area contributed by atoms with Crippen LogP contribution in [0.4, 0.5) is 0 Å². The molecule has 0 radical (unpaired) electrons. The van der Waals surface area contributed by atoms with Crippen LogP contribution in [-0.4, -0.2) is 9.36 Å². The molecule has 1 atom stereocenters.